The average Bonchev–Trinajstić information content (AvgIpc) is 2.53. The van der Waals surface area contributed by atoms with E-state index in [1.165, 1.54) is 0 Å². The van der Waals surface area contributed by atoms with Gasteiger partial charge >= 0.3 is 5.97 Å². The fourth-order valence-corrected chi connectivity index (χ4v) is 2.30. The van der Waals surface area contributed by atoms with Gasteiger partial charge in [-0.1, -0.05) is 30.3 Å². The molecule has 0 aromatic heterocycles. The summed E-state index contributed by atoms with van der Waals surface area (Å²) < 4.78 is 0. The topological polar surface area (TPSA) is 66.4 Å². The number of benzene rings is 2. The van der Waals surface area contributed by atoms with E-state index in [9.17, 15) is 14.7 Å². The zero-order valence-corrected chi connectivity index (χ0v) is 12.3. The lowest BCUT2D eigenvalue weighted by Gasteiger charge is -2.15. The molecule has 0 spiro atoms. The minimum absolute atomic E-state index is 0.406. The van der Waals surface area contributed by atoms with E-state index in [0.717, 1.165) is 4.90 Å². The number of carbonyl (C=O) groups is 2. The third kappa shape index (κ3) is 3.86. The van der Waals surface area contributed by atoms with E-state index in [1.807, 2.05) is 18.4 Å². The number of thioether (sulfide) groups is 1. The normalized spacial score (nSPS) is 11.7. The average molecular weight is 301 g/mol. The Balaban J connectivity index is 2.19. The molecule has 4 nitrogen and oxygen atoms in total. The highest BCUT2D eigenvalue weighted by Crippen LogP contribution is 2.19. The number of nitrogens with one attached hydrogen (secondary N) is 1. The van der Waals surface area contributed by atoms with E-state index in [1.54, 1.807) is 54.2 Å². The van der Waals surface area contributed by atoms with E-state index < -0.39 is 17.9 Å². The first-order chi connectivity index (χ1) is 10.1. The van der Waals surface area contributed by atoms with Gasteiger partial charge in [0.15, 0.2) is 6.04 Å². The van der Waals surface area contributed by atoms with Crippen LogP contribution < -0.4 is 5.32 Å². The zero-order chi connectivity index (χ0) is 15.2. The van der Waals surface area contributed by atoms with Crippen molar-refractivity contribution in [2.24, 2.45) is 0 Å². The highest BCUT2D eigenvalue weighted by atomic mass is 32.2. The summed E-state index contributed by atoms with van der Waals surface area (Å²) in [4.78, 5) is 24.5. The van der Waals surface area contributed by atoms with Crippen molar-refractivity contribution in [2.45, 2.75) is 10.9 Å². The van der Waals surface area contributed by atoms with Gasteiger partial charge in [-0.05, 0) is 36.1 Å². The van der Waals surface area contributed by atoms with Gasteiger partial charge in [-0.3, -0.25) is 4.79 Å². The van der Waals surface area contributed by atoms with Crippen LogP contribution in [0.1, 0.15) is 22.0 Å². The van der Waals surface area contributed by atoms with Crippen molar-refractivity contribution in [3.8, 4) is 0 Å². The summed E-state index contributed by atoms with van der Waals surface area (Å²) in [5, 5.41) is 11.9. The van der Waals surface area contributed by atoms with Gasteiger partial charge in [-0.15, -0.1) is 11.8 Å². The van der Waals surface area contributed by atoms with Crippen molar-refractivity contribution in [1.29, 1.82) is 0 Å². The molecule has 1 atom stereocenters. The summed E-state index contributed by atoms with van der Waals surface area (Å²) >= 11 is 1.57. The molecule has 0 saturated heterocycles. The van der Waals surface area contributed by atoms with Crippen LogP contribution in [0.15, 0.2) is 59.5 Å². The van der Waals surface area contributed by atoms with Crippen LogP contribution in [0.5, 0.6) is 0 Å². The Kier molecular flexibility index (Phi) is 5.00. The minimum Gasteiger partial charge on any atom is -0.479 e. The van der Waals surface area contributed by atoms with Gasteiger partial charge in [0, 0.05) is 10.5 Å². The third-order valence-corrected chi connectivity index (χ3v) is 3.75. The molecule has 2 aromatic rings. The molecule has 0 heterocycles. The van der Waals surface area contributed by atoms with E-state index in [2.05, 4.69) is 5.32 Å². The molecule has 0 saturated carbocycles. The standard InChI is InChI=1S/C16H15NO3S/c1-21-13-9-7-11(8-10-13)14(16(19)20)17-15(18)12-5-3-2-4-6-12/h2-10,14H,1H3,(H,17,18)(H,19,20)/t14-/m1/s1. The van der Waals surface area contributed by atoms with Crippen LogP contribution in [0.4, 0.5) is 0 Å². The summed E-state index contributed by atoms with van der Waals surface area (Å²) in [6.45, 7) is 0. The lowest BCUT2D eigenvalue weighted by Crippen LogP contribution is -2.33. The van der Waals surface area contributed by atoms with E-state index in [4.69, 9.17) is 0 Å². The first-order valence-corrected chi connectivity index (χ1v) is 7.57. The molecule has 0 unspecified atom stereocenters. The Hall–Kier alpha value is -2.27. The Bertz CT molecular complexity index is 626. The molecule has 5 heteroatoms. The van der Waals surface area contributed by atoms with Crippen molar-refractivity contribution >= 4 is 23.6 Å². The second-order valence-corrected chi connectivity index (χ2v) is 5.26. The van der Waals surface area contributed by atoms with Crippen LogP contribution in [0, 0.1) is 0 Å². The zero-order valence-electron chi connectivity index (χ0n) is 11.4. The second-order valence-electron chi connectivity index (χ2n) is 4.38. The quantitative estimate of drug-likeness (QED) is 0.833. The van der Waals surface area contributed by atoms with Gasteiger partial charge in [0.05, 0.1) is 0 Å². The molecule has 0 aliphatic heterocycles. The van der Waals surface area contributed by atoms with Gasteiger partial charge in [0.1, 0.15) is 0 Å². The second kappa shape index (κ2) is 6.95. The van der Waals surface area contributed by atoms with Crippen LogP contribution in [0.3, 0.4) is 0 Å². The molecular weight excluding hydrogens is 286 g/mol. The summed E-state index contributed by atoms with van der Waals surface area (Å²) in [5.74, 6) is -1.49. The Morgan fingerprint density at radius 3 is 2.19 bits per heavy atom. The number of hydrogen-bond acceptors (Lipinski definition) is 3. The van der Waals surface area contributed by atoms with Gasteiger partial charge in [-0.2, -0.15) is 0 Å². The molecular formula is C16H15NO3S. The smallest absolute Gasteiger partial charge is 0.330 e. The highest BCUT2D eigenvalue weighted by molar-refractivity contribution is 7.98. The van der Waals surface area contributed by atoms with Crippen LogP contribution in [0.2, 0.25) is 0 Å². The molecule has 108 valence electrons. The maximum atomic E-state index is 12.1. The van der Waals surface area contributed by atoms with E-state index in [0.29, 0.717) is 11.1 Å². The van der Waals surface area contributed by atoms with Crippen LogP contribution in [-0.2, 0) is 4.79 Å². The van der Waals surface area contributed by atoms with Crippen molar-refractivity contribution < 1.29 is 14.7 Å². The lowest BCUT2D eigenvalue weighted by molar-refractivity contribution is -0.139. The molecule has 0 aliphatic rings. The van der Waals surface area contributed by atoms with Crippen LogP contribution in [-0.4, -0.2) is 23.2 Å². The van der Waals surface area contributed by atoms with Crippen molar-refractivity contribution in [3.63, 3.8) is 0 Å². The van der Waals surface area contributed by atoms with E-state index >= 15 is 0 Å². The Morgan fingerprint density at radius 1 is 1.05 bits per heavy atom. The number of amides is 1. The Morgan fingerprint density at radius 2 is 1.67 bits per heavy atom. The van der Waals surface area contributed by atoms with Gasteiger partial charge in [0.25, 0.3) is 5.91 Å². The molecule has 2 rings (SSSR count). The lowest BCUT2D eigenvalue weighted by atomic mass is 10.1. The predicted octanol–water partition coefficient (Wildman–Crippen LogP) is 2.96. The van der Waals surface area contributed by atoms with Gasteiger partial charge in [0.2, 0.25) is 0 Å². The number of carboxylic acid groups (broad SMARTS) is 1. The largest absolute Gasteiger partial charge is 0.479 e. The molecule has 21 heavy (non-hydrogen) atoms. The minimum atomic E-state index is -1.09. The summed E-state index contributed by atoms with van der Waals surface area (Å²) in [7, 11) is 0. The summed E-state index contributed by atoms with van der Waals surface area (Å²) in [5.41, 5.74) is 0.981. The number of carboxylic acids is 1. The molecule has 0 radical (unpaired) electrons. The van der Waals surface area contributed by atoms with Gasteiger partial charge < -0.3 is 10.4 Å². The number of hydrogen-bond donors (Lipinski definition) is 2. The van der Waals surface area contributed by atoms with Crippen LogP contribution in [0.25, 0.3) is 0 Å². The number of aliphatic carboxylic acids is 1. The maximum absolute atomic E-state index is 12.1. The Labute approximate surface area is 127 Å². The first-order valence-electron chi connectivity index (χ1n) is 6.34. The summed E-state index contributed by atoms with van der Waals surface area (Å²) in [6, 6.07) is 14.6. The molecule has 1 amide bonds. The molecule has 2 aromatic carbocycles. The van der Waals surface area contributed by atoms with Crippen molar-refractivity contribution in [1.82, 2.24) is 5.32 Å². The fraction of sp³-hybridized carbons (Fsp3) is 0.125. The molecule has 0 fully saturated rings. The van der Waals surface area contributed by atoms with Gasteiger partial charge in [-0.25, -0.2) is 4.79 Å². The SMILES string of the molecule is CSc1ccc([C@@H](NC(=O)c2ccccc2)C(=O)O)cc1. The fourth-order valence-electron chi connectivity index (χ4n) is 1.89. The molecule has 2 N–H and O–H groups in total. The first kappa shape index (κ1) is 15.1. The van der Waals surface area contributed by atoms with Crippen molar-refractivity contribution in [3.05, 3.63) is 65.7 Å². The molecule has 0 bridgehead atoms. The highest BCUT2D eigenvalue weighted by Gasteiger charge is 2.22. The number of rotatable bonds is 5. The van der Waals surface area contributed by atoms with E-state index in [-0.39, 0.29) is 0 Å². The van der Waals surface area contributed by atoms with Crippen LogP contribution >= 0.6 is 11.8 Å². The maximum Gasteiger partial charge on any atom is 0.330 e. The number of carbonyl (C=O) groups excluding carboxylic acids is 1. The van der Waals surface area contributed by atoms with Crippen molar-refractivity contribution in [2.75, 3.05) is 6.26 Å². The summed E-state index contributed by atoms with van der Waals surface area (Å²) in [6.07, 6.45) is 1.95. The third-order valence-electron chi connectivity index (χ3n) is 3.01. The molecule has 0 aliphatic carbocycles. The monoisotopic (exact) mass is 301 g/mol. The predicted molar refractivity (Wildman–Crippen MR) is 82.5 cm³/mol.